The highest BCUT2D eigenvalue weighted by Gasteiger charge is 2.47. The maximum absolute atomic E-state index is 13.8. The third-order valence-corrected chi connectivity index (χ3v) is 7.20. The number of carbonyl (C=O) groups is 3. The van der Waals surface area contributed by atoms with Gasteiger partial charge in [-0.25, -0.2) is 4.79 Å². The highest BCUT2D eigenvalue weighted by atomic mass is 16.5. The number of nitrogens with one attached hydrogen (secondary N) is 1. The van der Waals surface area contributed by atoms with Gasteiger partial charge in [0.05, 0.1) is 18.8 Å². The van der Waals surface area contributed by atoms with Crippen molar-refractivity contribution in [2.24, 2.45) is 11.8 Å². The maximum atomic E-state index is 13.8. The number of benzene rings is 2. The van der Waals surface area contributed by atoms with Crippen molar-refractivity contribution in [3.05, 3.63) is 82.7 Å². The molecule has 188 valence electrons. The maximum Gasteiger partial charge on any atom is 0.337 e. The predicted molar refractivity (Wildman–Crippen MR) is 138 cm³/mol. The van der Waals surface area contributed by atoms with E-state index in [9.17, 15) is 14.4 Å². The lowest BCUT2D eigenvalue weighted by Gasteiger charge is -2.38. The van der Waals surface area contributed by atoms with Crippen LogP contribution in [0.4, 0.5) is 0 Å². The van der Waals surface area contributed by atoms with Crippen LogP contribution in [0.15, 0.2) is 77.1 Å². The van der Waals surface area contributed by atoms with E-state index in [1.165, 1.54) is 7.11 Å². The van der Waals surface area contributed by atoms with E-state index >= 15 is 0 Å². The number of methoxy groups -OCH3 is 1. The first-order valence-corrected chi connectivity index (χ1v) is 12.5. The number of carbonyl (C=O) groups excluding carboxylic acids is 3. The first kappa shape index (κ1) is 25.4. The average molecular weight is 488 g/mol. The summed E-state index contributed by atoms with van der Waals surface area (Å²) < 4.78 is 10.7. The lowest BCUT2D eigenvalue weighted by Crippen LogP contribution is -2.43. The van der Waals surface area contributed by atoms with Crippen molar-refractivity contribution in [2.75, 3.05) is 7.11 Å². The number of ether oxygens (including phenoxy) is 2. The SMILES string of the molecule is CC[C@@H](C)OC(=O)C1=C(C)NC2=C(C(=O)[C@@H](C(=O)OC)[C@@H](C)C2)[C@@H]1c1ccc(-c2ccccc2)cc1. The fraction of sp³-hybridized carbons (Fsp3) is 0.367. The molecule has 1 aliphatic heterocycles. The minimum absolute atomic E-state index is 0.223. The van der Waals surface area contributed by atoms with Crippen molar-refractivity contribution in [2.45, 2.75) is 52.6 Å². The van der Waals surface area contributed by atoms with E-state index in [4.69, 9.17) is 9.47 Å². The van der Waals surface area contributed by atoms with Crippen LogP contribution in [0, 0.1) is 11.8 Å². The molecule has 0 unspecified atom stereocenters. The van der Waals surface area contributed by atoms with Gasteiger partial charge in [0.1, 0.15) is 5.92 Å². The molecule has 2 aromatic rings. The van der Waals surface area contributed by atoms with Gasteiger partial charge in [-0.05, 0) is 49.3 Å². The zero-order valence-electron chi connectivity index (χ0n) is 21.5. The van der Waals surface area contributed by atoms with Crippen molar-refractivity contribution in [1.82, 2.24) is 5.32 Å². The third kappa shape index (κ3) is 4.72. The number of ketones is 1. The van der Waals surface area contributed by atoms with Crippen molar-refractivity contribution < 1.29 is 23.9 Å². The number of Topliss-reactive ketones (excluding diaryl/α,β-unsaturated/α-hetero) is 1. The van der Waals surface area contributed by atoms with Crippen LogP contribution >= 0.6 is 0 Å². The van der Waals surface area contributed by atoms with E-state index in [1.807, 2.05) is 82.3 Å². The van der Waals surface area contributed by atoms with E-state index in [1.54, 1.807) is 0 Å². The number of dihydropyridines is 1. The van der Waals surface area contributed by atoms with Gasteiger partial charge in [0, 0.05) is 22.9 Å². The summed E-state index contributed by atoms with van der Waals surface area (Å²) in [5.41, 5.74) is 5.16. The number of esters is 2. The van der Waals surface area contributed by atoms with Gasteiger partial charge in [-0.2, -0.15) is 0 Å². The van der Waals surface area contributed by atoms with Crippen LogP contribution in [0.25, 0.3) is 11.1 Å². The summed E-state index contributed by atoms with van der Waals surface area (Å²) in [6.45, 7) is 7.51. The molecule has 0 fully saturated rings. The van der Waals surface area contributed by atoms with Crippen LogP contribution in [0.2, 0.25) is 0 Å². The van der Waals surface area contributed by atoms with Crippen molar-refractivity contribution in [1.29, 1.82) is 0 Å². The van der Waals surface area contributed by atoms with E-state index < -0.39 is 23.8 Å². The quantitative estimate of drug-likeness (QED) is 0.439. The zero-order chi connectivity index (χ0) is 26.0. The fourth-order valence-corrected chi connectivity index (χ4v) is 5.11. The van der Waals surface area contributed by atoms with Crippen LogP contribution in [-0.2, 0) is 23.9 Å². The van der Waals surface area contributed by atoms with Crippen LogP contribution in [-0.4, -0.2) is 30.9 Å². The van der Waals surface area contributed by atoms with E-state index in [-0.39, 0.29) is 17.8 Å². The molecule has 0 saturated carbocycles. The first-order chi connectivity index (χ1) is 17.3. The van der Waals surface area contributed by atoms with Gasteiger partial charge in [0.2, 0.25) is 0 Å². The number of allylic oxidation sites excluding steroid dienone is 3. The Hall–Kier alpha value is -3.67. The average Bonchev–Trinajstić information content (AvgIpc) is 2.88. The Labute approximate surface area is 212 Å². The Balaban J connectivity index is 1.83. The fourth-order valence-electron chi connectivity index (χ4n) is 5.11. The minimum atomic E-state index is -0.910. The second-order valence-electron chi connectivity index (χ2n) is 9.65. The standard InChI is InChI=1S/C30H33NO5/c1-6-18(3)36-30(34)25-19(4)31-23-16-17(2)24(29(33)35-5)28(32)27(23)26(25)22-14-12-21(13-15-22)20-10-8-7-9-11-20/h7-15,17-18,24,26,31H,6,16H2,1-5H3/t17-,18+,24-,26+/m0/s1. The molecule has 1 heterocycles. The van der Waals surface area contributed by atoms with Gasteiger partial charge in [0.15, 0.2) is 5.78 Å². The van der Waals surface area contributed by atoms with Crippen molar-refractivity contribution >= 4 is 17.7 Å². The van der Waals surface area contributed by atoms with Crippen LogP contribution in [0.1, 0.15) is 52.0 Å². The van der Waals surface area contributed by atoms with Gasteiger partial charge in [-0.1, -0.05) is 68.4 Å². The molecule has 0 aromatic heterocycles. The molecule has 6 nitrogen and oxygen atoms in total. The molecule has 0 amide bonds. The number of hydrogen-bond acceptors (Lipinski definition) is 6. The Morgan fingerprint density at radius 2 is 1.69 bits per heavy atom. The second kappa shape index (κ2) is 10.5. The van der Waals surface area contributed by atoms with Gasteiger partial charge in [-0.3, -0.25) is 9.59 Å². The number of rotatable bonds is 6. The summed E-state index contributed by atoms with van der Waals surface area (Å²) in [6, 6.07) is 17.9. The highest BCUT2D eigenvalue weighted by Crippen LogP contribution is 2.45. The molecule has 0 saturated heterocycles. The van der Waals surface area contributed by atoms with E-state index in [0.717, 1.165) is 22.4 Å². The molecule has 2 aliphatic rings. The van der Waals surface area contributed by atoms with E-state index in [0.29, 0.717) is 29.7 Å². The van der Waals surface area contributed by atoms with E-state index in [2.05, 4.69) is 5.32 Å². The van der Waals surface area contributed by atoms with Gasteiger partial charge >= 0.3 is 11.9 Å². The molecule has 1 N–H and O–H groups in total. The van der Waals surface area contributed by atoms with Crippen LogP contribution in [0.3, 0.4) is 0 Å². The molecule has 36 heavy (non-hydrogen) atoms. The minimum Gasteiger partial charge on any atom is -0.468 e. The second-order valence-corrected chi connectivity index (χ2v) is 9.65. The molecule has 2 aromatic carbocycles. The van der Waals surface area contributed by atoms with Crippen LogP contribution < -0.4 is 5.32 Å². The molecule has 4 rings (SSSR count). The lowest BCUT2D eigenvalue weighted by molar-refractivity contribution is -0.151. The Morgan fingerprint density at radius 1 is 1.06 bits per heavy atom. The third-order valence-electron chi connectivity index (χ3n) is 7.20. The number of hydrogen-bond donors (Lipinski definition) is 1. The molecular formula is C30H33NO5. The largest absolute Gasteiger partial charge is 0.468 e. The molecule has 1 aliphatic carbocycles. The summed E-state index contributed by atoms with van der Waals surface area (Å²) >= 11 is 0. The summed E-state index contributed by atoms with van der Waals surface area (Å²) in [6.07, 6.45) is 0.917. The summed E-state index contributed by atoms with van der Waals surface area (Å²) in [4.78, 5) is 39.8. The molecule has 4 atom stereocenters. The Bertz CT molecular complexity index is 1230. The predicted octanol–water partition coefficient (Wildman–Crippen LogP) is 5.31. The summed E-state index contributed by atoms with van der Waals surface area (Å²) in [7, 11) is 1.30. The van der Waals surface area contributed by atoms with Gasteiger partial charge in [-0.15, -0.1) is 0 Å². The molecular weight excluding hydrogens is 454 g/mol. The molecule has 0 bridgehead atoms. The zero-order valence-corrected chi connectivity index (χ0v) is 21.5. The normalized spacial score (nSPS) is 22.5. The smallest absolute Gasteiger partial charge is 0.337 e. The highest BCUT2D eigenvalue weighted by molar-refractivity contribution is 6.12. The van der Waals surface area contributed by atoms with Crippen molar-refractivity contribution in [3.8, 4) is 11.1 Å². The monoisotopic (exact) mass is 487 g/mol. The summed E-state index contributed by atoms with van der Waals surface area (Å²) in [5, 5.41) is 3.30. The Morgan fingerprint density at radius 3 is 2.31 bits per heavy atom. The first-order valence-electron chi connectivity index (χ1n) is 12.5. The van der Waals surface area contributed by atoms with Crippen LogP contribution in [0.5, 0.6) is 0 Å². The topological polar surface area (TPSA) is 81.7 Å². The van der Waals surface area contributed by atoms with Gasteiger partial charge < -0.3 is 14.8 Å². The molecule has 0 radical (unpaired) electrons. The summed E-state index contributed by atoms with van der Waals surface area (Å²) in [5.74, 6) is -3.09. The Kier molecular flexibility index (Phi) is 7.43. The van der Waals surface area contributed by atoms with Crippen molar-refractivity contribution in [3.63, 3.8) is 0 Å². The molecule has 0 spiro atoms. The molecule has 6 heteroatoms. The van der Waals surface area contributed by atoms with Gasteiger partial charge in [0.25, 0.3) is 0 Å². The lowest BCUT2D eigenvalue weighted by atomic mass is 9.69.